The molecule has 0 aliphatic rings. The molecule has 0 aliphatic heterocycles. The van der Waals surface area contributed by atoms with E-state index in [2.05, 4.69) is 6.58 Å². The van der Waals surface area contributed by atoms with Crippen LogP contribution in [0, 0.1) is 0 Å². The summed E-state index contributed by atoms with van der Waals surface area (Å²) in [5.74, 6) is 0. The van der Waals surface area contributed by atoms with Gasteiger partial charge in [0.15, 0.2) is 6.29 Å². The van der Waals surface area contributed by atoms with Crippen LogP contribution in [0.15, 0.2) is 24.8 Å². The highest BCUT2D eigenvalue weighted by Gasteiger charge is 2.01. The number of thiophene rings is 1. The van der Waals surface area contributed by atoms with E-state index in [1.807, 2.05) is 30.2 Å². The Morgan fingerprint density at radius 3 is 2.92 bits per heavy atom. The molecule has 0 N–H and O–H groups in total. The molecule has 0 saturated heterocycles. The van der Waals surface area contributed by atoms with Crippen molar-refractivity contribution in [3.05, 3.63) is 29.7 Å². The Labute approximate surface area is 76.1 Å². The van der Waals surface area contributed by atoms with Crippen molar-refractivity contribution in [2.24, 2.45) is 0 Å². The standard InChI is InChI=1S/C9H11NOS/c1-3-6-10(2)9-5-4-8(7-11)12-9/h3-5,7H,1,6H2,2H3. The normalized spacial score (nSPS) is 9.42. The van der Waals surface area contributed by atoms with E-state index in [1.165, 1.54) is 11.3 Å². The van der Waals surface area contributed by atoms with E-state index < -0.39 is 0 Å². The Balaban J connectivity index is 2.73. The van der Waals surface area contributed by atoms with Gasteiger partial charge in [0.05, 0.1) is 9.88 Å². The lowest BCUT2D eigenvalue weighted by molar-refractivity contribution is 0.112. The van der Waals surface area contributed by atoms with Gasteiger partial charge < -0.3 is 4.90 Å². The first-order valence-corrected chi connectivity index (χ1v) is 4.46. The van der Waals surface area contributed by atoms with Crippen molar-refractivity contribution in [1.29, 1.82) is 0 Å². The Morgan fingerprint density at radius 2 is 2.42 bits per heavy atom. The van der Waals surface area contributed by atoms with Crippen molar-refractivity contribution in [2.75, 3.05) is 18.5 Å². The van der Waals surface area contributed by atoms with Gasteiger partial charge in [-0.05, 0) is 12.1 Å². The highest BCUT2D eigenvalue weighted by molar-refractivity contribution is 7.17. The number of carbonyl (C=O) groups excluding carboxylic acids is 1. The fourth-order valence-electron chi connectivity index (χ4n) is 0.894. The van der Waals surface area contributed by atoms with Crippen LogP contribution in [-0.4, -0.2) is 19.9 Å². The molecule has 0 fully saturated rings. The Bertz CT molecular complexity index is 280. The van der Waals surface area contributed by atoms with Crippen molar-refractivity contribution in [1.82, 2.24) is 0 Å². The lowest BCUT2D eigenvalue weighted by atomic mass is 10.5. The van der Waals surface area contributed by atoms with Crippen LogP contribution in [0.4, 0.5) is 5.00 Å². The van der Waals surface area contributed by atoms with E-state index >= 15 is 0 Å². The number of likely N-dealkylation sites (N-methyl/N-ethyl adjacent to an activating group) is 1. The quantitative estimate of drug-likeness (QED) is 0.524. The van der Waals surface area contributed by atoms with Gasteiger partial charge in [-0.1, -0.05) is 6.08 Å². The summed E-state index contributed by atoms with van der Waals surface area (Å²) in [6, 6.07) is 3.77. The molecule has 64 valence electrons. The molecule has 12 heavy (non-hydrogen) atoms. The van der Waals surface area contributed by atoms with Gasteiger partial charge in [-0.3, -0.25) is 4.79 Å². The molecule has 0 atom stereocenters. The van der Waals surface area contributed by atoms with E-state index in [4.69, 9.17) is 0 Å². The molecule has 1 heterocycles. The van der Waals surface area contributed by atoms with Crippen LogP contribution < -0.4 is 4.90 Å². The topological polar surface area (TPSA) is 20.3 Å². The number of anilines is 1. The third-order valence-corrected chi connectivity index (χ3v) is 2.63. The minimum Gasteiger partial charge on any atom is -0.363 e. The monoisotopic (exact) mass is 181 g/mol. The van der Waals surface area contributed by atoms with E-state index in [9.17, 15) is 4.79 Å². The summed E-state index contributed by atoms with van der Waals surface area (Å²) in [4.78, 5) is 13.2. The van der Waals surface area contributed by atoms with Crippen molar-refractivity contribution < 1.29 is 4.79 Å². The number of hydrogen-bond acceptors (Lipinski definition) is 3. The molecule has 0 amide bonds. The highest BCUT2D eigenvalue weighted by Crippen LogP contribution is 2.23. The third kappa shape index (κ3) is 1.95. The van der Waals surface area contributed by atoms with Crippen LogP contribution in [0.5, 0.6) is 0 Å². The maximum Gasteiger partial charge on any atom is 0.160 e. The summed E-state index contributed by atoms with van der Waals surface area (Å²) in [7, 11) is 1.97. The van der Waals surface area contributed by atoms with Gasteiger partial charge in [0, 0.05) is 13.6 Å². The lowest BCUT2D eigenvalue weighted by Crippen LogP contribution is -2.14. The second kappa shape index (κ2) is 4.07. The number of aldehydes is 1. The Hall–Kier alpha value is -1.09. The van der Waals surface area contributed by atoms with Gasteiger partial charge >= 0.3 is 0 Å². The van der Waals surface area contributed by atoms with Crippen molar-refractivity contribution in [2.45, 2.75) is 0 Å². The van der Waals surface area contributed by atoms with Crippen LogP contribution in [-0.2, 0) is 0 Å². The molecule has 1 aromatic heterocycles. The van der Waals surface area contributed by atoms with Crippen LogP contribution in [0.3, 0.4) is 0 Å². The van der Waals surface area contributed by atoms with Gasteiger partial charge in [-0.25, -0.2) is 0 Å². The molecule has 0 saturated carbocycles. The molecule has 1 rings (SSSR count). The maximum atomic E-state index is 10.4. The average molecular weight is 181 g/mol. The molecule has 0 unspecified atom stereocenters. The zero-order valence-corrected chi connectivity index (χ0v) is 7.80. The molecule has 2 nitrogen and oxygen atoms in total. The molecule has 1 aromatic rings. The first kappa shape index (κ1) is 9.00. The summed E-state index contributed by atoms with van der Waals surface area (Å²) in [6.07, 6.45) is 2.70. The average Bonchev–Trinajstić information content (AvgIpc) is 2.52. The first-order valence-electron chi connectivity index (χ1n) is 3.65. The zero-order chi connectivity index (χ0) is 8.97. The molecule has 0 bridgehead atoms. The molecule has 0 aromatic carbocycles. The van der Waals surface area contributed by atoms with Crippen LogP contribution in [0.2, 0.25) is 0 Å². The summed E-state index contributed by atoms with van der Waals surface area (Å²) in [5, 5.41) is 1.09. The SMILES string of the molecule is C=CCN(C)c1ccc(C=O)s1. The molecular weight excluding hydrogens is 170 g/mol. The molecule has 0 radical (unpaired) electrons. The van der Waals surface area contributed by atoms with Crippen molar-refractivity contribution in [3.63, 3.8) is 0 Å². The minimum atomic E-state index is 0.765. The molecular formula is C9H11NOS. The van der Waals surface area contributed by atoms with E-state index in [1.54, 1.807) is 0 Å². The minimum absolute atomic E-state index is 0.765. The second-order valence-electron chi connectivity index (χ2n) is 2.46. The fraction of sp³-hybridized carbons (Fsp3) is 0.222. The zero-order valence-electron chi connectivity index (χ0n) is 6.99. The smallest absolute Gasteiger partial charge is 0.160 e. The van der Waals surface area contributed by atoms with Gasteiger partial charge in [0.2, 0.25) is 0 Å². The summed E-state index contributed by atoms with van der Waals surface area (Å²) in [6.45, 7) is 4.45. The summed E-state index contributed by atoms with van der Waals surface area (Å²) >= 11 is 1.49. The maximum absolute atomic E-state index is 10.4. The number of rotatable bonds is 4. The van der Waals surface area contributed by atoms with E-state index in [0.29, 0.717) is 0 Å². The predicted octanol–water partition coefficient (Wildman–Crippen LogP) is 2.18. The predicted molar refractivity (Wildman–Crippen MR) is 53.2 cm³/mol. The van der Waals surface area contributed by atoms with Crippen molar-refractivity contribution in [3.8, 4) is 0 Å². The van der Waals surface area contributed by atoms with Crippen LogP contribution >= 0.6 is 11.3 Å². The van der Waals surface area contributed by atoms with Gasteiger partial charge in [-0.2, -0.15) is 0 Å². The lowest BCUT2D eigenvalue weighted by Gasteiger charge is -2.13. The first-order chi connectivity index (χ1) is 5.77. The van der Waals surface area contributed by atoms with Gasteiger partial charge in [0.1, 0.15) is 0 Å². The molecule has 0 aliphatic carbocycles. The largest absolute Gasteiger partial charge is 0.363 e. The van der Waals surface area contributed by atoms with Crippen LogP contribution in [0.25, 0.3) is 0 Å². The van der Waals surface area contributed by atoms with Gasteiger partial charge in [0.25, 0.3) is 0 Å². The number of hydrogen-bond donors (Lipinski definition) is 0. The van der Waals surface area contributed by atoms with E-state index in [-0.39, 0.29) is 0 Å². The summed E-state index contributed by atoms with van der Waals surface area (Å²) < 4.78 is 0. The fourth-order valence-corrected chi connectivity index (χ4v) is 1.69. The number of nitrogens with zero attached hydrogens (tertiary/aromatic N) is 1. The molecule has 0 spiro atoms. The van der Waals surface area contributed by atoms with Crippen molar-refractivity contribution >= 4 is 22.6 Å². The third-order valence-electron chi connectivity index (χ3n) is 1.51. The summed E-state index contributed by atoms with van der Waals surface area (Å²) in [5.41, 5.74) is 0. The Kier molecular flexibility index (Phi) is 3.05. The van der Waals surface area contributed by atoms with Gasteiger partial charge in [-0.15, -0.1) is 17.9 Å². The molecule has 3 heteroatoms. The second-order valence-corrected chi connectivity index (χ2v) is 3.56. The Morgan fingerprint density at radius 1 is 1.67 bits per heavy atom. The van der Waals surface area contributed by atoms with Crippen LogP contribution in [0.1, 0.15) is 9.67 Å². The number of carbonyl (C=O) groups is 1. The van der Waals surface area contributed by atoms with E-state index in [0.717, 1.165) is 22.7 Å². The highest BCUT2D eigenvalue weighted by atomic mass is 32.1.